The number of azo groups is 3. The maximum atomic E-state index is 12.9. The quantitative estimate of drug-likeness (QED) is 0.335. The lowest BCUT2D eigenvalue weighted by atomic mass is 10.2. The van der Waals surface area contributed by atoms with E-state index in [9.17, 15) is 15.3 Å². The Balaban J connectivity index is 1.83. The fourth-order valence-corrected chi connectivity index (χ4v) is 2.73. The minimum absolute atomic E-state index is 0.419. The Hall–Kier alpha value is -4.92. The second kappa shape index (κ2) is 9.92. The van der Waals surface area contributed by atoms with Crippen LogP contribution in [-0.4, -0.2) is 0 Å². The van der Waals surface area contributed by atoms with Crippen molar-refractivity contribution in [2.24, 2.45) is 30.7 Å². The molecule has 0 amide bonds. The highest BCUT2D eigenvalue weighted by Crippen LogP contribution is 2.53. The molecular formula is C24H15N6O3-3. The van der Waals surface area contributed by atoms with Gasteiger partial charge in [0.15, 0.2) is 0 Å². The molecule has 4 aromatic rings. The molecule has 0 aromatic heterocycles. The van der Waals surface area contributed by atoms with Crippen LogP contribution in [0.2, 0.25) is 0 Å². The van der Waals surface area contributed by atoms with Gasteiger partial charge in [-0.15, -0.1) is 0 Å². The van der Waals surface area contributed by atoms with Crippen LogP contribution in [0.5, 0.6) is 17.2 Å². The van der Waals surface area contributed by atoms with E-state index in [1.807, 2.05) is 0 Å². The summed E-state index contributed by atoms with van der Waals surface area (Å²) in [4.78, 5) is 0. The molecule has 0 N–H and O–H groups in total. The van der Waals surface area contributed by atoms with Crippen LogP contribution in [0.15, 0.2) is 122 Å². The molecule has 4 rings (SSSR count). The SMILES string of the molecule is [O-]c1c(N=Nc2ccccc2)c([O-])c(N=Nc2ccccc2)c([O-])c1N=Nc1ccccc1. The summed E-state index contributed by atoms with van der Waals surface area (Å²) in [6.07, 6.45) is 0. The Labute approximate surface area is 188 Å². The Morgan fingerprint density at radius 1 is 0.333 bits per heavy atom. The van der Waals surface area contributed by atoms with Gasteiger partial charge >= 0.3 is 0 Å². The van der Waals surface area contributed by atoms with Crippen molar-refractivity contribution >= 4 is 34.1 Å². The molecule has 0 spiro atoms. The van der Waals surface area contributed by atoms with E-state index in [2.05, 4.69) is 30.7 Å². The molecule has 0 heterocycles. The van der Waals surface area contributed by atoms with Gasteiger partial charge in [-0.2, -0.15) is 30.7 Å². The lowest BCUT2D eigenvalue weighted by molar-refractivity contribution is -0.287. The van der Waals surface area contributed by atoms with Gasteiger partial charge in [0.1, 0.15) is 0 Å². The van der Waals surface area contributed by atoms with E-state index in [1.54, 1.807) is 91.0 Å². The van der Waals surface area contributed by atoms with Gasteiger partial charge in [0, 0.05) is 0 Å². The number of hydrogen-bond donors (Lipinski definition) is 0. The van der Waals surface area contributed by atoms with Crippen LogP contribution in [0.3, 0.4) is 0 Å². The normalized spacial score (nSPS) is 11.6. The first-order valence-corrected chi connectivity index (χ1v) is 9.79. The zero-order valence-electron chi connectivity index (χ0n) is 17.1. The highest BCUT2D eigenvalue weighted by atomic mass is 16.3. The number of benzene rings is 4. The van der Waals surface area contributed by atoms with Crippen molar-refractivity contribution in [1.29, 1.82) is 0 Å². The van der Waals surface area contributed by atoms with Crippen LogP contribution in [0.1, 0.15) is 0 Å². The summed E-state index contributed by atoms with van der Waals surface area (Å²) in [6, 6.07) is 25.6. The summed E-state index contributed by atoms with van der Waals surface area (Å²) in [5.41, 5.74) is -0.528. The second-order valence-corrected chi connectivity index (χ2v) is 6.64. The topological polar surface area (TPSA) is 143 Å². The molecule has 0 saturated heterocycles. The van der Waals surface area contributed by atoms with Crippen LogP contribution in [0.25, 0.3) is 0 Å². The van der Waals surface area contributed by atoms with Crippen molar-refractivity contribution in [3.05, 3.63) is 91.0 Å². The van der Waals surface area contributed by atoms with Gasteiger partial charge in [0.05, 0.1) is 34.1 Å². The fourth-order valence-electron chi connectivity index (χ4n) is 2.73. The monoisotopic (exact) mass is 435 g/mol. The first-order valence-electron chi connectivity index (χ1n) is 9.79. The molecule has 33 heavy (non-hydrogen) atoms. The summed E-state index contributed by atoms with van der Waals surface area (Å²) in [5, 5.41) is 61.9. The summed E-state index contributed by atoms with van der Waals surface area (Å²) in [7, 11) is 0. The molecule has 0 aliphatic rings. The average molecular weight is 435 g/mol. The van der Waals surface area contributed by atoms with E-state index in [4.69, 9.17) is 0 Å². The van der Waals surface area contributed by atoms with E-state index in [0.29, 0.717) is 17.1 Å². The molecule has 0 atom stereocenters. The van der Waals surface area contributed by atoms with Gasteiger partial charge in [0.2, 0.25) is 0 Å². The minimum atomic E-state index is -0.983. The van der Waals surface area contributed by atoms with Crippen LogP contribution in [-0.2, 0) is 0 Å². The van der Waals surface area contributed by atoms with Gasteiger partial charge in [-0.05, 0) is 36.4 Å². The number of rotatable bonds is 6. The van der Waals surface area contributed by atoms with E-state index in [0.717, 1.165) is 0 Å². The third kappa shape index (κ3) is 5.05. The molecule has 0 saturated carbocycles. The van der Waals surface area contributed by atoms with Crippen molar-refractivity contribution in [2.45, 2.75) is 0 Å². The smallest absolute Gasteiger partial charge is 0.0857 e. The van der Waals surface area contributed by atoms with Gasteiger partial charge in [-0.1, -0.05) is 71.8 Å². The van der Waals surface area contributed by atoms with Gasteiger partial charge in [0.25, 0.3) is 0 Å². The zero-order valence-corrected chi connectivity index (χ0v) is 17.1. The maximum Gasteiger partial charge on any atom is 0.0857 e. The molecule has 0 aliphatic heterocycles. The van der Waals surface area contributed by atoms with Crippen molar-refractivity contribution in [3.63, 3.8) is 0 Å². The summed E-state index contributed by atoms with van der Waals surface area (Å²) in [6.45, 7) is 0. The molecular weight excluding hydrogens is 420 g/mol. The molecule has 0 fully saturated rings. The van der Waals surface area contributed by atoms with E-state index >= 15 is 0 Å². The molecule has 4 aromatic carbocycles. The summed E-state index contributed by atoms with van der Waals surface area (Å²) >= 11 is 0. The highest BCUT2D eigenvalue weighted by molar-refractivity contribution is 5.85. The van der Waals surface area contributed by atoms with Crippen molar-refractivity contribution in [1.82, 2.24) is 0 Å². The third-order valence-corrected chi connectivity index (χ3v) is 4.36. The van der Waals surface area contributed by atoms with Gasteiger partial charge in [-0.25, -0.2) is 0 Å². The first-order chi connectivity index (χ1) is 16.1. The third-order valence-electron chi connectivity index (χ3n) is 4.36. The van der Waals surface area contributed by atoms with Crippen LogP contribution >= 0.6 is 0 Å². The molecule has 0 bridgehead atoms. The molecule has 9 nitrogen and oxygen atoms in total. The Bertz CT molecular complexity index is 1140. The van der Waals surface area contributed by atoms with E-state index < -0.39 is 34.3 Å². The fraction of sp³-hybridized carbons (Fsp3) is 0. The van der Waals surface area contributed by atoms with Crippen LogP contribution in [0.4, 0.5) is 34.1 Å². The van der Waals surface area contributed by atoms with E-state index in [1.165, 1.54) is 0 Å². The molecule has 162 valence electrons. The first kappa shape index (κ1) is 21.3. The predicted octanol–water partition coefficient (Wildman–Crippen LogP) is 6.15. The van der Waals surface area contributed by atoms with Gasteiger partial charge < -0.3 is 15.3 Å². The highest BCUT2D eigenvalue weighted by Gasteiger charge is 2.10. The van der Waals surface area contributed by atoms with Gasteiger partial charge in [-0.3, -0.25) is 0 Å². The molecule has 0 aliphatic carbocycles. The second-order valence-electron chi connectivity index (χ2n) is 6.64. The zero-order chi connectivity index (χ0) is 23.0. The standard InChI is InChI=1S/C24H18N6O3/c31-22-19(28-25-16-10-4-1-5-11-16)23(32)21(30-27-18-14-8-3-9-15-18)24(33)20(22)29-26-17-12-6-2-7-13-17/h1-15,31-33H/p-3. The maximum absolute atomic E-state index is 12.9. The summed E-state index contributed by atoms with van der Waals surface area (Å²) in [5.74, 6) is -2.95. The molecule has 9 heteroatoms. The van der Waals surface area contributed by atoms with Crippen molar-refractivity contribution in [3.8, 4) is 17.2 Å². The average Bonchev–Trinajstić information content (AvgIpc) is 2.86. The largest absolute Gasteiger partial charge is 0.869 e. The number of hydrogen-bond acceptors (Lipinski definition) is 9. The summed E-state index contributed by atoms with van der Waals surface area (Å²) < 4.78 is 0. The van der Waals surface area contributed by atoms with Crippen LogP contribution < -0.4 is 15.3 Å². The van der Waals surface area contributed by atoms with E-state index in [-0.39, 0.29) is 0 Å². The van der Waals surface area contributed by atoms with Crippen LogP contribution in [0, 0.1) is 0 Å². The molecule has 0 unspecified atom stereocenters. The molecule has 0 radical (unpaired) electrons. The predicted molar refractivity (Wildman–Crippen MR) is 117 cm³/mol. The Morgan fingerprint density at radius 2 is 0.576 bits per heavy atom. The minimum Gasteiger partial charge on any atom is -0.869 e. The van der Waals surface area contributed by atoms with Crippen molar-refractivity contribution < 1.29 is 15.3 Å². The Kier molecular flexibility index (Phi) is 6.41. The number of nitrogens with zero attached hydrogens (tertiary/aromatic N) is 6. The lowest BCUT2D eigenvalue weighted by Crippen LogP contribution is -2.02. The Morgan fingerprint density at radius 3 is 0.818 bits per heavy atom. The van der Waals surface area contributed by atoms with Crippen molar-refractivity contribution in [2.75, 3.05) is 0 Å². The lowest BCUT2D eigenvalue weighted by Gasteiger charge is -2.27.